The Morgan fingerprint density at radius 3 is 3.14 bits per heavy atom. The molecular weight excluding hydrogens is 178 g/mol. The van der Waals surface area contributed by atoms with Crippen LogP contribution in [0.3, 0.4) is 0 Å². The lowest BCUT2D eigenvalue weighted by Gasteiger charge is -2.35. The van der Waals surface area contributed by atoms with Gasteiger partial charge < -0.3 is 5.73 Å². The standard InChI is InChI=1S/C10H17N3O/c1-13-10-7(6-12-13)3-2-4-8(10)9(14)5-11/h6-8,10H,2-5,11H2,1H3. The van der Waals surface area contributed by atoms with Crippen LogP contribution < -0.4 is 5.73 Å². The molecule has 4 heteroatoms. The molecule has 1 heterocycles. The molecule has 0 aromatic rings. The Hall–Kier alpha value is -0.900. The molecule has 2 N–H and O–H groups in total. The summed E-state index contributed by atoms with van der Waals surface area (Å²) in [6.07, 6.45) is 5.25. The third-order valence-corrected chi connectivity index (χ3v) is 3.39. The predicted molar refractivity (Wildman–Crippen MR) is 54.9 cm³/mol. The zero-order chi connectivity index (χ0) is 10.1. The van der Waals surface area contributed by atoms with Gasteiger partial charge >= 0.3 is 0 Å². The van der Waals surface area contributed by atoms with Crippen LogP contribution in [0.1, 0.15) is 19.3 Å². The molecule has 1 fully saturated rings. The molecule has 0 radical (unpaired) electrons. The molecule has 3 atom stereocenters. The van der Waals surface area contributed by atoms with Crippen LogP contribution in [-0.2, 0) is 4.79 Å². The number of hydrogen-bond donors (Lipinski definition) is 1. The minimum Gasteiger partial charge on any atom is -0.324 e. The maximum atomic E-state index is 11.6. The summed E-state index contributed by atoms with van der Waals surface area (Å²) in [7, 11) is 1.95. The molecule has 0 spiro atoms. The molecule has 1 saturated carbocycles. The lowest BCUT2D eigenvalue weighted by molar-refractivity contribution is -0.124. The second-order valence-corrected chi connectivity index (χ2v) is 4.20. The van der Waals surface area contributed by atoms with Gasteiger partial charge in [0.25, 0.3) is 0 Å². The van der Waals surface area contributed by atoms with E-state index in [1.807, 2.05) is 18.3 Å². The molecule has 3 unspecified atom stereocenters. The summed E-state index contributed by atoms with van der Waals surface area (Å²) in [6.45, 7) is 0.168. The first-order valence-corrected chi connectivity index (χ1v) is 5.23. The van der Waals surface area contributed by atoms with Crippen LogP contribution in [0.4, 0.5) is 0 Å². The van der Waals surface area contributed by atoms with Crippen molar-refractivity contribution in [1.82, 2.24) is 5.01 Å². The first-order valence-electron chi connectivity index (χ1n) is 5.23. The number of hydrogen-bond acceptors (Lipinski definition) is 4. The normalized spacial score (nSPS) is 35.9. The number of carbonyl (C=O) groups excluding carboxylic acids is 1. The van der Waals surface area contributed by atoms with Crippen molar-refractivity contribution in [2.75, 3.05) is 13.6 Å². The van der Waals surface area contributed by atoms with Crippen LogP contribution in [0.5, 0.6) is 0 Å². The maximum absolute atomic E-state index is 11.6. The Balaban J connectivity index is 2.14. The van der Waals surface area contributed by atoms with E-state index in [1.54, 1.807) is 0 Å². The van der Waals surface area contributed by atoms with E-state index in [-0.39, 0.29) is 24.3 Å². The molecule has 0 aromatic carbocycles. The summed E-state index contributed by atoms with van der Waals surface area (Å²) >= 11 is 0. The summed E-state index contributed by atoms with van der Waals surface area (Å²) in [5.41, 5.74) is 5.42. The predicted octanol–water partition coefficient (Wildman–Crippen LogP) is 0.230. The van der Waals surface area contributed by atoms with Crippen molar-refractivity contribution in [2.45, 2.75) is 25.3 Å². The van der Waals surface area contributed by atoms with Crippen molar-refractivity contribution in [2.24, 2.45) is 22.7 Å². The second-order valence-electron chi connectivity index (χ2n) is 4.20. The van der Waals surface area contributed by atoms with Crippen molar-refractivity contribution in [3.05, 3.63) is 0 Å². The topological polar surface area (TPSA) is 58.7 Å². The smallest absolute Gasteiger partial charge is 0.151 e. The van der Waals surface area contributed by atoms with E-state index in [1.165, 1.54) is 0 Å². The number of nitrogens with zero attached hydrogens (tertiary/aromatic N) is 2. The molecule has 14 heavy (non-hydrogen) atoms. The fraction of sp³-hybridized carbons (Fsp3) is 0.800. The monoisotopic (exact) mass is 195 g/mol. The minimum absolute atomic E-state index is 0.103. The van der Waals surface area contributed by atoms with Crippen molar-refractivity contribution < 1.29 is 4.79 Å². The summed E-state index contributed by atoms with van der Waals surface area (Å²) in [6, 6.07) is 0.278. The Kier molecular flexibility index (Phi) is 2.54. The average Bonchev–Trinajstić information content (AvgIpc) is 2.59. The highest BCUT2D eigenvalue weighted by Crippen LogP contribution is 2.35. The summed E-state index contributed by atoms with van der Waals surface area (Å²) in [4.78, 5) is 11.6. The lowest BCUT2D eigenvalue weighted by Crippen LogP contribution is -2.45. The Morgan fingerprint density at radius 2 is 2.43 bits per heavy atom. The number of fused-ring (bicyclic) bond motifs is 1. The number of rotatable bonds is 2. The third kappa shape index (κ3) is 1.43. The van der Waals surface area contributed by atoms with E-state index in [0.717, 1.165) is 19.3 Å². The molecule has 0 saturated heterocycles. The van der Waals surface area contributed by atoms with Crippen molar-refractivity contribution >= 4 is 12.0 Å². The molecule has 0 aromatic heterocycles. The van der Waals surface area contributed by atoms with E-state index < -0.39 is 0 Å². The quantitative estimate of drug-likeness (QED) is 0.686. The molecule has 78 valence electrons. The maximum Gasteiger partial charge on any atom is 0.151 e. The van der Waals surface area contributed by atoms with Crippen LogP contribution in [-0.4, -0.2) is 36.6 Å². The Labute approximate surface area is 84.1 Å². The van der Waals surface area contributed by atoms with Gasteiger partial charge in [-0.05, 0) is 12.8 Å². The average molecular weight is 195 g/mol. The first kappa shape index (κ1) is 9.65. The largest absolute Gasteiger partial charge is 0.324 e. The van der Waals surface area contributed by atoms with Gasteiger partial charge in [-0.25, -0.2) is 0 Å². The lowest BCUT2D eigenvalue weighted by atomic mass is 9.76. The van der Waals surface area contributed by atoms with E-state index in [0.29, 0.717) is 5.92 Å². The number of ketones is 1. The fourth-order valence-electron chi connectivity index (χ4n) is 2.68. The molecule has 0 amide bonds. The van der Waals surface area contributed by atoms with Gasteiger partial charge in [-0.1, -0.05) is 6.42 Å². The molecule has 1 aliphatic carbocycles. The van der Waals surface area contributed by atoms with Crippen molar-refractivity contribution in [3.63, 3.8) is 0 Å². The molecule has 1 aliphatic heterocycles. The highest BCUT2D eigenvalue weighted by molar-refractivity contribution is 5.84. The van der Waals surface area contributed by atoms with Crippen LogP contribution in [0.2, 0.25) is 0 Å². The van der Waals surface area contributed by atoms with Gasteiger partial charge in [0, 0.05) is 25.1 Å². The highest BCUT2D eigenvalue weighted by atomic mass is 16.1. The van der Waals surface area contributed by atoms with Crippen molar-refractivity contribution in [1.29, 1.82) is 0 Å². The molecule has 4 nitrogen and oxygen atoms in total. The van der Waals surface area contributed by atoms with Crippen molar-refractivity contribution in [3.8, 4) is 0 Å². The zero-order valence-corrected chi connectivity index (χ0v) is 8.52. The van der Waals surface area contributed by atoms with Gasteiger partial charge in [-0.2, -0.15) is 5.10 Å². The van der Waals surface area contributed by atoms with E-state index in [9.17, 15) is 4.79 Å². The third-order valence-electron chi connectivity index (χ3n) is 3.39. The first-order chi connectivity index (χ1) is 6.74. The van der Waals surface area contributed by atoms with Crippen LogP contribution in [0.25, 0.3) is 0 Å². The van der Waals surface area contributed by atoms with Crippen LogP contribution in [0, 0.1) is 11.8 Å². The summed E-state index contributed by atoms with van der Waals surface area (Å²) in [5.74, 6) is 0.762. The van der Waals surface area contributed by atoms with Crippen LogP contribution in [0.15, 0.2) is 5.10 Å². The molecule has 0 bridgehead atoms. The SMILES string of the molecule is CN1N=CC2CCCC(C(=O)CN)C21. The minimum atomic E-state index is 0.103. The number of Topliss-reactive ketones (excluding diaryl/α,β-unsaturated/α-hetero) is 1. The zero-order valence-electron chi connectivity index (χ0n) is 8.52. The van der Waals surface area contributed by atoms with Gasteiger partial charge in [0.15, 0.2) is 5.78 Å². The van der Waals surface area contributed by atoms with Gasteiger partial charge in [0.1, 0.15) is 0 Å². The Morgan fingerprint density at radius 1 is 1.64 bits per heavy atom. The summed E-state index contributed by atoms with van der Waals surface area (Å²) < 4.78 is 0. The van der Waals surface area contributed by atoms with Gasteiger partial charge in [0.2, 0.25) is 0 Å². The number of nitrogens with two attached hydrogens (primary N) is 1. The number of carbonyl (C=O) groups is 1. The van der Waals surface area contributed by atoms with Gasteiger partial charge in [-0.15, -0.1) is 0 Å². The van der Waals surface area contributed by atoms with E-state index in [2.05, 4.69) is 5.10 Å². The second kappa shape index (κ2) is 3.69. The van der Waals surface area contributed by atoms with Gasteiger partial charge in [-0.3, -0.25) is 9.80 Å². The number of hydrazone groups is 1. The summed E-state index contributed by atoms with van der Waals surface area (Å²) in [5, 5.41) is 6.20. The van der Waals surface area contributed by atoms with Gasteiger partial charge in [0.05, 0.1) is 12.6 Å². The fourth-order valence-corrected chi connectivity index (χ4v) is 2.68. The Bertz CT molecular complexity index is 264. The molecular formula is C10H17N3O. The van der Waals surface area contributed by atoms with E-state index in [4.69, 9.17) is 5.73 Å². The molecule has 2 aliphatic rings. The molecule has 2 rings (SSSR count). The van der Waals surface area contributed by atoms with E-state index >= 15 is 0 Å². The van der Waals surface area contributed by atoms with Crippen LogP contribution >= 0.6 is 0 Å². The highest BCUT2D eigenvalue weighted by Gasteiger charge is 2.40.